The largest absolute Gasteiger partial charge is 0.356 e. The van der Waals surface area contributed by atoms with Crippen molar-refractivity contribution in [3.8, 4) is 0 Å². The maximum Gasteiger partial charge on any atom is 0.229 e. The predicted molar refractivity (Wildman–Crippen MR) is 132 cm³/mol. The minimum Gasteiger partial charge on any atom is -0.356 e. The number of halogens is 1. The Morgan fingerprint density at radius 2 is 1.28 bits per heavy atom. The van der Waals surface area contributed by atoms with E-state index in [2.05, 4.69) is 41.6 Å². The average Bonchev–Trinajstić information content (AvgIpc) is 3.54. The van der Waals surface area contributed by atoms with Crippen LogP contribution < -0.4 is 14.7 Å². The third-order valence-electron chi connectivity index (χ3n) is 6.74. The number of ketones is 1. The topological polar surface area (TPSA) is 55.8 Å². The van der Waals surface area contributed by atoms with Crippen LogP contribution in [0.15, 0.2) is 34.8 Å². The number of aromatic nitrogens is 2. The van der Waals surface area contributed by atoms with Crippen LogP contribution in [0.1, 0.15) is 36.0 Å². The number of carbonyl (C=O) groups is 1. The van der Waals surface area contributed by atoms with Crippen LogP contribution in [0.2, 0.25) is 0 Å². The lowest BCUT2D eigenvalue weighted by Crippen LogP contribution is -2.48. The van der Waals surface area contributed by atoms with Crippen molar-refractivity contribution in [1.82, 2.24) is 14.9 Å². The highest BCUT2D eigenvalue weighted by Gasteiger charge is 2.25. The van der Waals surface area contributed by atoms with Gasteiger partial charge in [0.2, 0.25) is 5.95 Å². The number of hydrogen-bond donors (Lipinski definition) is 0. The lowest BCUT2D eigenvalue weighted by atomic mass is 10.1. The number of piperazine rings is 1. The predicted octanol–water partition coefficient (Wildman–Crippen LogP) is 3.44. The molecule has 0 N–H and O–H groups in total. The normalized spacial score (nSPS) is 19.7. The second-order valence-corrected chi connectivity index (χ2v) is 9.88. The van der Waals surface area contributed by atoms with Crippen LogP contribution in [0, 0.1) is 0 Å². The van der Waals surface area contributed by atoms with E-state index in [9.17, 15) is 4.79 Å². The maximum absolute atomic E-state index is 12.7. The number of benzene rings is 1. The van der Waals surface area contributed by atoms with Gasteiger partial charge in [-0.05, 0) is 37.8 Å². The Kier molecular flexibility index (Phi) is 6.59. The lowest BCUT2D eigenvalue weighted by Gasteiger charge is -2.35. The van der Waals surface area contributed by atoms with Gasteiger partial charge >= 0.3 is 0 Å². The molecule has 2 aromatic rings. The molecule has 0 saturated carbocycles. The summed E-state index contributed by atoms with van der Waals surface area (Å²) in [5.74, 6) is 3.17. The standard InChI is InChI=1S/C24H31BrN6O/c25-20-7-5-19(6-8-20)21(32)18-28-13-15-30(16-14-28)23-17-22(29-9-1-2-10-29)26-24(27-23)31-11-3-4-12-31/h5-8,17H,1-4,9-16,18H2. The van der Waals surface area contributed by atoms with Crippen LogP contribution in [-0.2, 0) is 0 Å². The Morgan fingerprint density at radius 3 is 1.88 bits per heavy atom. The van der Waals surface area contributed by atoms with E-state index in [0.29, 0.717) is 6.54 Å². The Labute approximate surface area is 198 Å². The first-order valence-corrected chi connectivity index (χ1v) is 12.6. The number of carbonyl (C=O) groups excluding carboxylic acids is 1. The molecule has 0 radical (unpaired) electrons. The highest BCUT2D eigenvalue weighted by Crippen LogP contribution is 2.27. The van der Waals surface area contributed by atoms with Crippen molar-refractivity contribution in [2.45, 2.75) is 25.7 Å². The van der Waals surface area contributed by atoms with E-state index in [-0.39, 0.29) is 5.78 Å². The Hall–Kier alpha value is -2.19. The summed E-state index contributed by atoms with van der Waals surface area (Å²) < 4.78 is 0.995. The fourth-order valence-corrected chi connectivity index (χ4v) is 5.07. The molecule has 0 bridgehead atoms. The molecule has 7 nitrogen and oxygen atoms in total. The second-order valence-electron chi connectivity index (χ2n) is 8.97. The van der Waals surface area contributed by atoms with Gasteiger partial charge in [-0.15, -0.1) is 0 Å². The number of nitrogens with zero attached hydrogens (tertiary/aromatic N) is 6. The monoisotopic (exact) mass is 498 g/mol. The van der Waals surface area contributed by atoms with Crippen LogP contribution in [0.5, 0.6) is 0 Å². The van der Waals surface area contributed by atoms with Gasteiger partial charge in [-0.3, -0.25) is 9.69 Å². The van der Waals surface area contributed by atoms with Gasteiger partial charge in [-0.1, -0.05) is 28.1 Å². The molecule has 3 aliphatic heterocycles. The number of anilines is 3. The summed E-state index contributed by atoms with van der Waals surface area (Å²) in [5.41, 5.74) is 0.775. The molecular formula is C24H31BrN6O. The van der Waals surface area contributed by atoms with E-state index < -0.39 is 0 Å². The highest BCUT2D eigenvalue weighted by atomic mass is 79.9. The highest BCUT2D eigenvalue weighted by molar-refractivity contribution is 9.10. The molecule has 0 unspecified atom stereocenters. The van der Waals surface area contributed by atoms with Gasteiger partial charge in [-0.25, -0.2) is 0 Å². The first-order chi connectivity index (χ1) is 15.7. The molecular weight excluding hydrogens is 468 g/mol. The molecule has 3 saturated heterocycles. The summed E-state index contributed by atoms with van der Waals surface area (Å²) in [7, 11) is 0. The third kappa shape index (κ3) is 4.91. The molecule has 1 aromatic carbocycles. The molecule has 170 valence electrons. The van der Waals surface area contributed by atoms with E-state index in [0.717, 1.165) is 80.0 Å². The van der Waals surface area contributed by atoms with Crippen molar-refractivity contribution < 1.29 is 4.79 Å². The fourth-order valence-electron chi connectivity index (χ4n) is 4.80. The SMILES string of the molecule is O=C(CN1CCN(c2cc(N3CCCC3)nc(N3CCCC3)n2)CC1)c1ccc(Br)cc1. The minimum atomic E-state index is 0.181. The number of rotatable bonds is 6. The molecule has 3 aliphatic rings. The third-order valence-corrected chi connectivity index (χ3v) is 7.26. The van der Waals surface area contributed by atoms with E-state index in [1.54, 1.807) is 0 Å². The molecule has 0 amide bonds. The van der Waals surface area contributed by atoms with Crippen molar-refractivity contribution in [3.63, 3.8) is 0 Å². The molecule has 32 heavy (non-hydrogen) atoms. The molecule has 4 heterocycles. The van der Waals surface area contributed by atoms with E-state index in [1.165, 1.54) is 25.7 Å². The van der Waals surface area contributed by atoms with Crippen LogP contribution in [0.4, 0.5) is 17.6 Å². The van der Waals surface area contributed by atoms with Crippen LogP contribution in [0.3, 0.4) is 0 Å². The quantitative estimate of drug-likeness (QED) is 0.565. The van der Waals surface area contributed by atoms with Crippen molar-refractivity contribution in [1.29, 1.82) is 0 Å². The van der Waals surface area contributed by atoms with Crippen LogP contribution in [0.25, 0.3) is 0 Å². The molecule has 0 aliphatic carbocycles. The molecule has 0 atom stereocenters. The van der Waals surface area contributed by atoms with Crippen molar-refractivity contribution >= 4 is 39.3 Å². The lowest BCUT2D eigenvalue weighted by molar-refractivity contribution is 0.0926. The first kappa shape index (κ1) is 21.6. The van der Waals surface area contributed by atoms with E-state index in [4.69, 9.17) is 9.97 Å². The van der Waals surface area contributed by atoms with Gasteiger partial charge in [0.1, 0.15) is 11.6 Å². The molecule has 5 rings (SSSR count). The average molecular weight is 499 g/mol. The van der Waals surface area contributed by atoms with Gasteiger partial charge in [0.25, 0.3) is 0 Å². The molecule has 8 heteroatoms. The van der Waals surface area contributed by atoms with Gasteiger partial charge in [0.15, 0.2) is 5.78 Å². The molecule has 0 spiro atoms. The fraction of sp³-hybridized carbons (Fsp3) is 0.542. The van der Waals surface area contributed by atoms with Crippen molar-refractivity contribution in [2.75, 3.05) is 73.6 Å². The molecule has 3 fully saturated rings. The summed E-state index contributed by atoms with van der Waals surface area (Å²) >= 11 is 3.43. The summed E-state index contributed by atoms with van der Waals surface area (Å²) in [5, 5.41) is 0. The first-order valence-electron chi connectivity index (χ1n) is 11.8. The molecule has 1 aromatic heterocycles. The van der Waals surface area contributed by atoms with Gasteiger partial charge in [0.05, 0.1) is 6.54 Å². The smallest absolute Gasteiger partial charge is 0.229 e. The van der Waals surface area contributed by atoms with Crippen molar-refractivity contribution in [2.24, 2.45) is 0 Å². The zero-order valence-corrected chi connectivity index (χ0v) is 20.1. The second kappa shape index (κ2) is 9.75. The number of Topliss-reactive ketones (excluding diaryl/α,β-unsaturated/α-hetero) is 1. The summed E-state index contributed by atoms with van der Waals surface area (Å²) in [4.78, 5) is 31.9. The van der Waals surface area contributed by atoms with Gasteiger partial charge < -0.3 is 14.7 Å². The summed E-state index contributed by atoms with van der Waals surface area (Å²) in [6.07, 6.45) is 4.92. The summed E-state index contributed by atoms with van der Waals surface area (Å²) in [6.45, 7) is 8.23. The number of hydrogen-bond acceptors (Lipinski definition) is 7. The van der Waals surface area contributed by atoms with E-state index >= 15 is 0 Å². The Morgan fingerprint density at radius 1 is 0.750 bits per heavy atom. The van der Waals surface area contributed by atoms with Gasteiger partial charge in [0, 0.05) is 68.5 Å². The zero-order chi connectivity index (χ0) is 21.9. The minimum absolute atomic E-state index is 0.181. The Bertz CT molecular complexity index is 898. The zero-order valence-electron chi connectivity index (χ0n) is 18.5. The van der Waals surface area contributed by atoms with Crippen LogP contribution in [-0.4, -0.2) is 79.6 Å². The van der Waals surface area contributed by atoms with E-state index in [1.807, 2.05) is 24.3 Å². The summed E-state index contributed by atoms with van der Waals surface area (Å²) in [6, 6.07) is 9.81. The Balaban J connectivity index is 1.26. The van der Waals surface area contributed by atoms with Crippen LogP contribution >= 0.6 is 15.9 Å². The maximum atomic E-state index is 12.7. The van der Waals surface area contributed by atoms with Crippen molar-refractivity contribution in [3.05, 3.63) is 40.4 Å². The van der Waals surface area contributed by atoms with Gasteiger partial charge in [-0.2, -0.15) is 9.97 Å².